The molecule has 1 N–H and O–H groups in total. The number of rotatable bonds is 5. The molecule has 2 aromatic carbocycles. The molecule has 0 unspecified atom stereocenters. The number of hydrogen-bond acceptors (Lipinski definition) is 4. The Morgan fingerprint density at radius 2 is 1.62 bits per heavy atom. The Morgan fingerprint density at radius 3 is 2.24 bits per heavy atom. The minimum atomic E-state index is -3.49. The van der Waals surface area contributed by atoms with Crippen LogP contribution in [0.5, 0.6) is 0 Å². The smallest absolute Gasteiger partial charge is 0.242 e. The van der Waals surface area contributed by atoms with E-state index < -0.39 is 10.0 Å². The Bertz CT molecular complexity index is 937. The van der Waals surface area contributed by atoms with Crippen molar-refractivity contribution in [2.45, 2.75) is 11.4 Å². The molecule has 1 aliphatic heterocycles. The van der Waals surface area contributed by atoms with Crippen molar-refractivity contribution < 1.29 is 8.42 Å². The highest BCUT2D eigenvalue weighted by molar-refractivity contribution is 7.89. The van der Waals surface area contributed by atoms with Crippen LogP contribution in [0, 0.1) is 0 Å². The van der Waals surface area contributed by atoms with Gasteiger partial charge in [0.05, 0.1) is 4.90 Å². The van der Waals surface area contributed by atoms with Gasteiger partial charge in [-0.05, 0) is 23.8 Å². The molecule has 0 radical (unpaired) electrons. The maximum absolute atomic E-state index is 12.6. The first-order valence-corrected chi connectivity index (χ1v) is 11.1. The summed E-state index contributed by atoms with van der Waals surface area (Å²) in [6.45, 7) is 3.93. The van der Waals surface area contributed by atoms with Gasteiger partial charge in [0.25, 0.3) is 0 Å². The molecule has 29 heavy (non-hydrogen) atoms. The summed E-state index contributed by atoms with van der Waals surface area (Å²) in [5.41, 5.74) is 1.96. The van der Waals surface area contributed by atoms with E-state index in [2.05, 4.69) is 44.4 Å². The van der Waals surface area contributed by atoms with E-state index in [0.29, 0.717) is 11.4 Å². The minimum absolute atomic E-state index is 0.321. The molecule has 2 aromatic rings. The predicted molar refractivity (Wildman–Crippen MR) is 118 cm³/mol. The third-order valence-corrected chi connectivity index (χ3v) is 7.00. The molecule has 1 heterocycles. The third kappa shape index (κ3) is 4.89. The van der Waals surface area contributed by atoms with Gasteiger partial charge in [0, 0.05) is 59.6 Å². The van der Waals surface area contributed by atoms with Crippen molar-refractivity contribution in [1.29, 1.82) is 0 Å². The summed E-state index contributed by atoms with van der Waals surface area (Å²) < 4.78 is 26.4. The molecular weight excluding hydrogens is 386 g/mol. The van der Waals surface area contributed by atoms with E-state index in [1.165, 1.54) is 9.99 Å². The number of para-hydroxylation sites is 1. The highest BCUT2D eigenvalue weighted by atomic mass is 32.2. The quantitative estimate of drug-likeness (QED) is 0.596. The Morgan fingerprint density at radius 1 is 1.00 bits per heavy atom. The first kappa shape index (κ1) is 21.1. The average Bonchev–Trinajstić information content (AvgIpc) is 2.75. The molecule has 0 aromatic heterocycles. The normalized spacial score (nSPS) is 15.7. The van der Waals surface area contributed by atoms with Gasteiger partial charge in [-0.3, -0.25) is 4.99 Å². The third-order valence-electron chi connectivity index (χ3n) is 5.08. The molecule has 156 valence electrons. The Hall–Kier alpha value is -2.58. The first-order chi connectivity index (χ1) is 13.9. The van der Waals surface area contributed by atoms with Crippen molar-refractivity contribution in [2.24, 2.45) is 4.99 Å². The van der Waals surface area contributed by atoms with Crippen molar-refractivity contribution in [3.8, 4) is 0 Å². The van der Waals surface area contributed by atoms with Crippen LogP contribution in [0.2, 0.25) is 0 Å². The van der Waals surface area contributed by atoms with Gasteiger partial charge in [-0.15, -0.1) is 0 Å². The van der Waals surface area contributed by atoms with Crippen molar-refractivity contribution in [1.82, 2.24) is 14.5 Å². The molecule has 7 nitrogen and oxygen atoms in total. The fourth-order valence-corrected chi connectivity index (χ4v) is 4.54. The van der Waals surface area contributed by atoms with E-state index in [0.717, 1.165) is 37.7 Å². The predicted octanol–water partition coefficient (Wildman–Crippen LogP) is 1.83. The second-order valence-electron chi connectivity index (χ2n) is 7.11. The van der Waals surface area contributed by atoms with E-state index in [-0.39, 0.29) is 0 Å². The van der Waals surface area contributed by atoms with Crippen LogP contribution in [-0.4, -0.2) is 70.9 Å². The second kappa shape index (κ2) is 9.28. The number of aliphatic imine (C=N–C) groups is 1. The van der Waals surface area contributed by atoms with Gasteiger partial charge in [0.15, 0.2) is 5.96 Å². The lowest BCUT2D eigenvalue weighted by Crippen LogP contribution is -2.52. The maximum atomic E-state index is 12.6. The molecule has 1 saturated heterocycles. The van der Waals surface area contributed by atoms with Crippen molar-refractivity contribution in [3.05, 3.63) is 60.2 Å². The van der Waals surface area contributed by atoms with Crippen LogP contribution in [-0.2, 0) is 16.6 Å². The van der Waals surface area contributed by atoms with Gasteiger partial charge in [0.1, 0.15) is 0 Å². The Kier molecular flexibility index (Phi) is 6.76. The zero-order valence-electron chi connectivity index (χ0n) is 17.2. The standard InChI is InChI=1S/C21H29N5O2S/c1-22-21(26-15-13-25(14-16-26)19-10-5-4-6-11-19)23-17-18-9-7-8-12-20(18)29(27,28)24(2)3/h4-12H,13-17H2,1-3H3,(H,22,23). The second-order valence-corrected chi connectivity index (χ2v) is 9.23. The fraction of sp³-hybridized carbons (Fsp3) is 0.381. The molecular formula is C21H29N5O2S. The zero-order chi connectivity index (χ0) is 20.9. The van der Waals surface area contributed by atoms with Crippen LogP contribution < -0.4 is 10.2 Å². The highest BCUT2D eigenvalue weighted by Crippen LogP contribution is 2.19. The molecule has 1 fully saturated rings. The van der Waals surface area contributed by atoms with Gasteiger partial charge >= 0.3 is 0 Å². The number of nitrogens with one attached hydrogen (secondary N) is 1. The summed E-state index contributed by atoms with van der Waals surface area (Å²) in [5.74, 6) is 0.787. The average molecular weight is 416 g/mol. The van der Waals surface area contributed by atoms with E-state index >= 15 is 0 Å². The summed E-state index contributed by atoms with van der Waals surface area (Å²) in [6, 6.07) is 17.5. The van der Waals surface area contributed by atoms with Gasteiger partial charge in [-0.25, -0.2) is 12.7 Å². The maximum Gasteiger partial charge on any atom is 0.242 e. The van der Waals surface area contributed by atoms with Crippen molar-refractivity contribution in [3.63, 3.8) is 0 Å². The number of nitrogens with zero attached hydrogens (tertiary/aromatic N) is 4. The Balaban J connectivity index is 1.64. The summed E-state index contributed by atoms with van der Waals surface area (Å²) in [6.07, 6.45) is 0. The summed E-state index contributed by atoms with van der Waals surface area (Å²) in [4.78, 5) is 9.30. The Labute approximate surface area is 173 Å². The largest absolute Gasteiger partial charge is 0.368 e. The molecule has 0 saturated carbocycles. The van der Waals surface area contributed by atoms with Crippen LogP contribution >= 0.6 is 0 Å². The topological polar surface area (TPSA) is 68.2 Å². The lowest BCUT2D eigenvalue weighted by molar-refractivity contribution is 0.372. The zero-order valence-corrected chi connectivity index (χ0v) is 18.1. The van der Waals surface area contributed by atoms with Gasteiger partial charge in [-0.2, -0.15) is 0 Å². The number of anilines is 1. The summed E-state index contributed by atoms with van der Waals surface area (Å²) in [5, 5.41) is 3.34. The lowest BCUT2D eigenvalue weighted by atomic mass is 10.2. The van der Waals surface area contributed by atoms with Crippen LogP contribution in [0.3, 0.4) is 0 Å². The molecule has 8 heteroatoms. The molecule has 0 bridgehead atoms. The van der Waals surface area contributed by atoms with Gasteiger partial charge in [-0.1, -0.05) is 36.4 Å². The summed E-state index contributed by atoms with van der Waals surface area (Å²) in [7, 11) is 1.36. The van der Waals surface area contributed by atoms with Crippen LogP contribution in [0.1, 0.15) is 5.56 Å². The number of piperazine rings is 1. The van der Waals surface area contributed by atoms with Crippen molar-refractivity contribution >= 4 is 21.7 Å². The number of sulfonamides is 1. The van der Waals surface area contributed by atoms with E-state index in [1.54, 1.807) is 33.3 Å². The first-order valence-electron chi connectivity index (χ1n) is 9.69. The molecule has 0 atom stereocenters. The summed E-state index contributed by atoms with van der Waals surface area (Å²) >= 11 is 0. The molecule has 3 rings (SSSR count). The van der Waals surface area contributed by atoms with E-state index in [9.17, 15) is 8.42 Å². The fourth-order valence-electron chi connectivity index (χ4n) is 3.42. The van der Waals surface area contributed by atoms with Crippen LogP contribution in [0.15, 0.2) is 64.5 Å². The van der Waals surface area contributed by atoms with Crippen LogP contribution in [0.4, 0.5) is 5.69 Å². The number of guanidine groups is 1. The van der Waals surface area contributed by atoms with E-state index in [1.807, 2.05) is 18.2 Å². The highest BCUT2D eigenvalue weighted by Gasteiger charge is 2.22. The molecule has 0 amide bonds. The SMILES string of the molecule is CN=C(NCc1ccccc1S(=O)(=O)N(C)C)N1CCN(c2ccccc2)CC1. The lowest BCUT2D eigenvalue weighted by Gasteiger charge is -2.37. The molecule has 0 spiro atoms. The number of hydrogen-bond donors (Lipinski definition) is 1. The van der Waals surface area contributed by atoms with Gasteiger partial charge in [0.2, 0.25) is 10.0 Å². The monoisotopic (exact) mass is 415 g/mol. The van der Waals surface area contributed by atoms with Crippen molar-refractivity contribution in [2.75, 3.05) is 52.2 Å². The molecule has 0 aliphatic carbocycles. The van der Waals surface area contributed by atoms with E-state index in [4.69, 9.17) is 0 Å². The number of benzene rings is 2. The minimum Gasteiger partial charge on any atom is -0.368 e. The van der Waals surface area contributed by atoms with Crippen LogP contribution in [0.25, 0.3) is 0 Å². The van der Waals surface area contributed by atoms with Gasteiger partial charge < -0.3 is 15.1 Å². The molecule has 1 aliphatic rings.